The minimum atomic E-state index is 0.399. The Morgan fingerprint density at radius 3 is 2.80 bits per heavy atom. The SMILES string of the molecule is CC(C)Cc1cc(N)on1. The number of rotatable bonds is 2. The largest absolute Gasteiger partial charge is 0.368 e. The molecule has 1 aromatic heterocycles. The van der Waals surface area contributed by atoms with Crippen molar-refractivity contribution in [2.75, 3.05) is 5.73 Å². The third-order valence-corrected chi connectivity index (χ3v) is 1.19. The Morgan fingerprint density at radius 1 is 1.70 bits per heavy atom. The Labute approximate surface area is 60.2 Å². The van der Waals surface area contributed by atoms with Crippen molar-refractivity contribution in [2.24, 2.45) is 5.92 Å². The summed E-state index contributed by atoms with van der Waals surface area (Å²) in [5.41, 5.74) is 6.26. The molecular weight excluding hydrogens is 128 g/mol. The van der Waals surface area contributed by atoms with E-state index >= 15 is 0 Å². The quantitative estimate of drug-likeness (QED) is 0.676. The molecule has 0 saturated heterocycles. The molecule has 3 heteroatoms. The summed E-state index contributed by atoms with van der Waals surface area (Å²) in [6, 6.07) is 1.76. The summed E-state index contributed by atoms with van der Waals surface area (Å²) < 4.78 is 4.69. The number of nitrogens with two attached hydrogens (primary N) is 1. The molecule has 1 rings (SSSR count). The number of nitrogens with zero attached hydrogens (tertiary/aromatic N) is 1. The Kier molecular flexibility index (Phi) is 1.94. The van der Waals surface area contributed by atoms with E-state index < -0.39 is 0 Å². The average Bonchev–Trinajstić information content (AvgIpc) is 2.13. The molecule has 0 fully saturated rings. The highest BCUT2D eigenvalue weighted by Crippen LogP contribution is 2.09. The summed E-state index contributed by atoms with van der Waals surface area (Å²) in [5.74, 6) is 1.00. The van der Waals surface area contributed by atoms with E-state index in [-0.39, 0.29) is 0 Å². The van der Waals surface area contributed by atoms with Crippen LogP contribution >= 0.6 is 0 Å². The first-order chi connectivity index (χ1) is 4.68. The van der Waals surface area contributed by atoms with Gasteiger partial charge < -0.3 is 10.3 Å². The predicted octanol–water partition coefficient (Wildman–Crippen LogP) is 1.46. The average molecular weight is 140 g/mol. The molecule has 0 aliphatic carbocycles. The van der Waals surface area contributed by atoms with E-state index in [1.165, 1.54) is 0 Å². The second-order valence-corrected chi connectivity index (χ2v) is 2.82. The molecule has 1 aromatic rings. The number of hydrogen-bond donors (Lipinski definition) is 1. The topological polar surface area (TPSA) is 52.0 Å². The van der Waals surface area contributed by atoms with Gasteiger partial charge in [-0.05, 0) is 12.3 Å². The molecule has 0 unspecified atom stereocenters. The first kappa shape index (κ1) is 7.12. The summed E-state index contributed by atoms with van der Waals surface area (Å²) in [4.78, 5) is 0. The van der Waals surface area contributed by atoms with Crippen LogP contribution in [0, 0.1) is 5.92 Å². The van der Waals surface area contributed by atoms with E-state index in [9.17, 15) is 0 Å². The number of nitrogen functional groups attached to an aromatic ring is 1. The first-order valence-corrected chi connectivity index (χ1v) is 3.39. The van der Waals surface area contributed by atoms with Gasteiger partial charge in [-0.25, -0.2) is 0 Å². The molecule has 56 valence electrons. The van der Waals surface area contributed by atoms with E-state index in [2.05, 4.69) is 19.0 Å². The van der Waals surface area contributed by atoms with Crippen molar-refractivity contribution in [1.29, 1.82) is 0 Å². The van der Waals surface area contributed by atoms with Crippen LogP contribution in [0.15, 0.2) is 10.6 Å². The number of aromatic nitrogens is 1. The van der Waals surface area contributed by atoms with Crippen molar-refractivity contribution in [3.63, 3.8) is 0 Å². The van der Waals surface area contributed by atoms with Crippen LogP contribution in [0.25, 0.3) is 0 Å². The maximum atomic E-state index is 5.33. The maximum Gasteiger partial charge on any atom is 0.222 e. The van der Waals surface area contributed by atoms with Crippen molar-refractivity contribution >= 4 is 5.88 Å². The second-order valence-electron chi connectivity index (χ2n) is 2.82. The lowest BCUT2D eigenvalue weighted by Crippen LogP contribution is -1.93. The van der Waals surface area contributed by atoms with Gasteiger partial charge in [-0.3, -0.25) is 0 Å². The molecule has 0 saturated carbocycles. The van der Waals surface area contributed by atoms with E-state index in [1.807, 2.05) is 0 Å². The molecule has 0 bridgehead atoms. The normalized spacial score (nSPS) is 10.7. The molecule has 3 nitrogen and oxygen atoms in total. The van der Waals surface area contributed by atoms with Crippen LogP contribution in [0.1, 0.15) is 19.5 Å². The van der Waals surface area contributed by atoms with Gasteiger partial charge in [-0.1, -0.05) is 19.0 Å². The monoisotopic (exact) mass is 140 g/mol. The van der Waals surface area contributed by atoms with Crippen LogP contribution in [0.4, 0.5) is 5.88 Å². The molecule has 1 heterocycles. The van der Waals surface area contributed by atoms with Gasteiger partial charge >= 0.3 is 0 Å². The van der Waals surface area contributed by atoms with Crippen LogP contribution in [0.5, 0.6) is 0 Å². The fraction of sp³-hybridized carbons (Fsp3) is 0.571. The lowest BCUT2D eigenvalue weighted by Gasteiger charge is -1.96. The molecule has 0 aliphatic heterocycles. The van der Waals surface area contributed by atoms with Gasteiger partial charge in [0.2, 0.25) is 5.88 Å². The van der Waals surface area contributed by atoms with Crippen molar-refractivity contribution in [2.45, 2.75) is 20.3 Å². The van der Waals surface area contributed by atoms with Crippen LogP contribution in [0.2, 0.25) is 0 Å². The standard InChI is InChI=1S/C7H12N2O/c1-5(2)3-6-4-7(8)10-9-6/h4-5H,3,8H2,1-2H3. The molecule has 2 N–H and O–H groups in total. The van der Waals surface area contributed by atoms with Crippen LogP contribution in [-0.4, -0.2) is 5.16 Å². The second kappa shape index (κ2) is 2.73. The Hall–Kier alpha value is -0.990. The summed E-state index contributed by atoms with van der Waals surface area (Å²) in [5, 5.41) is 3.76. The third kappa shape index (κ3) is 1.76. The Morgan fingerprint density at radius 2 is 2.40 bits per heavy atom. The summed E-state index contributed by atoms with van der Waals surface area (Å²) in [7, 11) is 0. The van der Waals surface area contributed by atoms with Gasteiger partial charge in [0.1, 0.15) is 0 Å². The first-order valence-electron chi connectivity index (χ1n) is 3.39. The van der Waals surface area contributed by atoms with Crippen molar-refractivity contribution in [1.82, 2.24) is 5.16 Å². The zero-order valence-electron chi connectivity index (χ0n) is 6.29. The Bertz CT molecular complexity index is 205. The molecule has 0 aromatic carbocycles. The molecule has 0 radical (unpaired) electrons. The molecular formula is C7H12N2O. The molecule has 0 amide bonds. The van der Waals surface area contributed by atoms with Gasteiger partial charge in [0, 0.05) is 6.07 Å². The Balaban J connectivity index is 2.58. The highest BCUT2D eigenvalue weighted by Gasteiger charge is 2.02. The summed E-state index contributed by atoms with van der Waals surface area (Å²) in [6.45, 7) is 4.26. The van der Waals surface area contributed by atoms with E-state index in [4.69, 9.17) is 10.3 Å². The van der Waals surface area contributed by atoms with Crippen molar-refractivity contribution in [3.8, 4) is 0 Å². The summed E-state index contributed by atoms with van der Waals surface area (Å²) >= 11 is 0. The van der Waals surface area contributed by atoms with E-state index in [1.54, 1.807) is 6.07 Å². The van der Waals surface area contributed by atoms with Gasteiger partial charge in [-0.2, -0.15) is 0 Å². The predicted molar refractivity (Wildman–Crippen MR) is 39.5 cm³/mol. The maximum absolute atomic E-state index is 5.33. The summed E-state index contributed by atoms with van der Waals surface area (Å²) in [6.07, 6.45) is 0.931. The van der Waals surface area contributed by atoms with Crippen LogP contribution < -0.4 is 5.73 Å². The molecule has 0 aliphatic rings. The molecule has 10 heavy (non-hydrogen) atoms. The smallest absolute Gasteiger partial charge is 0.222 e. The van der Waals surface area contributed by atoms with Crippen LogP contribution in [-0.2, 0) is 6.42 Å². The zero-order valence-corrected chi connectivity index (χ0v) is 6.29. The molecule has 0 atom stereocenters. The zero-order chi connectivity index (χ0) is 7.56. The van der Waals surface area contributed by atoms with Crippen LogP contribution in [0.3, 0.4) is 0 Å². The van der Waals surface area contributed by atoms with Crippen molar-refractivity contribution < 1.29 is 4.52 Å². The van der Waals surface area contributed by atoms with E-state index in [0.717, 1.165) is 12.1 Å². The highest BCUT2D eigenvalue weighted by atomic mass is 16.5. The fourth-order valence-corrected chi connectivity index (χ4v) is 0.843. The van der Waals surface area contributed by atoms with Gasteiger partial charge in [0.05, 0.1) is 5.69 Å². The number of anilines is 1. The minimum absolute atomic E-state index is 0.399. The van der Waals surface area contributed by atoms with Gasteiger partial charge in [-0.15, -0.1) is 0 Å². The minimum Gasteiger partial charge on any atom is -0.368 e. The third-order valence-electron chi connectivity index (χ3n) is 1.19. The van der Waals surface area contributed by atoms with Gasteiger partial charge in [0.25, 0.3) is 0 Å². The van der Waals surface area contributed by atoms with E-state index in [0.29, 0.717) is 11.8 Å². The fourth-order valence-electron chi connectivity index (χ4n) is 0.843. The van der Waals surface area contributed by atoms with Crippen molar-refractivity contribution in [3.05, 3.63) is 11.8 Å². The number of hydrogen-bond acceptors (Lipinski definition) is 3. The van der Waals surface area contributed by atoms with Gasteiger partial charge in [0.15, 0.2) is 0 Å². The lowest BCUT2D eigenvalue weighted by molar-refractivity contribution is 0.422. The lowest BCUT2D eigenvalue weighted by atomic mass is 10.1. The molecule has 0 spiro atoms. The highest BCUT2D eigenvalue weighted by molar-refractivity contribution is 5.24.